The average molecular weight is 483 g/mol. The number of hydrogen-bond acceptors (Lipinski definition) is 6. The van der Waals surface area contributed by atoms with E-state index < -0.39 is 0 Å². The molecule has 0 saturated carbocycles. The van der Waals surface area contributed by atoms with Crippen LogP contribution in [0.15, 0.2) is 42.5 Å². The molecule has 3 rings (SSSR count). The number of rotatable bonds is 6. The fraction of sp³-hybridized carbons (Fsp3) is 0.200. The SMILES string of the molecule is C#Cc1cc(C#Cc2cc(OC)c(OC)c(OC)c2)cc(C#Cc2cc(OC)c(OC)c(OC)c2)c1. The molecule has 0 spiro atoms. The van der Waals surface area contributed by atoms with Crippen LogP contribution in [0.25, 0.3) is 0 Å². The smallest absolute Gasteiger partial charge is 0.203 e. The van der Waals surface area contributed by atoms with E-state index in [0.29, 0.717) is 62.3 Å². The van der Waals surface area contributed by atoms with Gasteiger partial charge in [0.2, 0.25) is 11.5 Å². The molecule has 36 heavy (non-hydrogen) atoms. The second-order valence-electron chi connectivity index (χ2n) is 7.27. The summed E-state index contributed by atoms with van der Waals surface area (Å²) in [6.45, 7) is 0. The molecule has 0 saturated heterocycles. The van der Waals surface area contributed by atoms with E-state index in [-0.39, 0.29) is 0 Å². The Morgan fingerprint density at radius 1 is 0.417 bits per heavy atom. The second-order valence-corrected chi connectivity index (χ2v) is 7.27. The van der Waals surface area contributed by atoms with Gasteiger partial charge in [-0.2, -0.15) is 0 Å². The van der Waals surface area contributed by atoms with E-state index in [2.05, 4.69) is 29.6 Å². The maximum atomic E-state index is 5.68. The van der Waals surface area contributed by atoms with Crippen molar-refractivity contribution in [1.29, 1.82) is 0 Å². The van der Waals surface area contributed by atoms with E-state index in [1.807, 2.05) is 18.2 Å². The summed E-state index contributed by atoms with van der Waals surface area (Å²) < 4.78 is 32.4. The molecule has 0 aliphatic heterocycles. The zero-order valence-electron chi connectivity index (χ0n) is 21.1. The Morgan fingerprint density at radius 2 is 0.694 bits per heavy atom. The molecule has 0 radical (unpaired) electrons. The van der Waals surface area contributed by atoms with Crippen LogP contribution in [0, 0.1) is 36.0 Å². The molecule has 0 aromatic heterocycles. The molecule has 0 N–H and O–H groups in total. The Labute approximate surface area is 212 Å². The van der Waals surface area contributed by atoms with Gasteiger partial charge in [-0.15, -0.1) is 6.42 Å². The molecule has 6 heteroatoms. The molecule has 0 heterocycles. The molecule has 0 fully saturated rings. The first kappa shape index (κ1) is 25.8. The highest BCUT2D eigenvalue weighted by Gasteiger charge is 2.13. The first-order valence-corrected chi connectivity index (χ1v) is 10.8. The molecule has 0 aliphatic carbocycles. The topological polar surface area (TPSA) is 55.4 Å². The van der Waals surface area contributed by atoms with Crippen molar-refractivity contribution in [2.24, 2.45) is 0 Å². The lowest BCUT2D eigenvalue weighted by atomic mass is 10.0. The standard InChI is InChI=1S/C30H26O6/c1-8-20-13-21(9-11-23-16-25(31-2)29(35-6)26(17-23)32-3)15-22(14-20)10-12-24-18-27(33-4)30(36-7)28(19-24)34-5/h1,13-19H,2-7H3. The minimum Gasteiger partial charge on any atom is -0.493 e. The summed E-state index contributed by atoms with van der Waals surface area (Å²) in [4.78, 5) is 0. The molecule has 0 atom stereocenters. The Kier molecular flexibility index (Phi) is 8.60. The van der Waals surface area contributed by atoms with Gasteiger partial charge < -0.3 is 28.4 Å². The Bertz CT molecular complexity index is 1270. The van der Waals surface area contributed by atoms with Crippen LogP contribution in [-0.2, 0) is 0 Å². The van der Waals surface area contributed by atoms with Gasteiger partial charge in [-0.3, -0.25) is 0 Å². The molecule has 0 unspecified atom stereocenters. The van der Waals surface area contributed by atoms with Gasteiger partial charge in [0.15, 0.2) is 23.0 Å². The van der Waals surface area contributed by atoms with Crippen molar-refractivity contribution in [3.8, 4) is 70.5 Å². The number of ether oxygens (including phenoxy) is 6. The van der Waals surface area contributed by atoms with Gasteiger partial charge >= 0.3 is 0 Å². The predicted octanol–water partition coefficient (Wildman–Crippen LogP) is 4.52. The third-order valence-corrected chi connectivity index (χ3v) is 5.13. The van der Waals surface area contributed by atoms with Crippen molar-refractivity contribution >= 4 is 0 Å². The molecular weight excluding hydrogens is 456 g/mol. The van der Waals surface area contributed by atoms with Crippen LogP contribution in [0.5, 0.6) is 34.5 Å². The van der Waals surface area contributed by atoms with E-state index in [9.17, 15) is 0 Å². The van der Waals surface area contributed by atoms with Gasteiger partial charge in [-0.25, -0.2) is 0 Å². The van der Waals surface area contributed by atoms with Crippen LogP contribution >= 0.6 is 0 Å². The maximum absolute atomic E-state index is 5.68. The van der Waals surface area contributed by atoms with Crippen molar-refractivity contribution in [3.63, 3.8) is 0 Å². The first-order valence-electron chi connectivity index (χ1n) is 10.8. The van der Waals surface area contributed by atoms with E-state index >= 15 is 0 Å². The summed E-state index contributed by atoms with van der Waals surface area (Å²) in [5, 5.41) is 0. The second kappa shape index (κ2) is 12.0. The fourth-order valence-corrected chi connectivity index (χ4v) is 3.45. The lowest BCUT2D eigenvalue weighted by molar-refractivity contribution is 0.324. The van der Waals surface area contributed by atoms with Gasteiger partial charge in [0.25, 0.3) is 0 Å². The molecule has 182 valence electrons. The number of methoxy groups -OCH3 is 6. The van der Waals surface area contributed by atoms with Gasteiger partial charge in [-0.1, -0.05) is 29.6 Å². The zero-order valence-corrected chi connectivity index (χ0v) is 21.1. The third kappa shape index (κ3) is 5.79. The van der Waals surface area contributed by atoms with Crippen LogP contribution in [0.2, 0.25) is 0 Å². The Balaban J connectivity index is 2.01. The summed E-state index contributed by atoms with van der Waals surface area (Å²) in [5.41, 5.74) is 3.49. The number of benzene rings is 3. The normalized spacial score (nSPS) is 9.47. The summed E-state index contributed by atoms with van der Waals surface area (Å²) >= 11 is 0. The van der Waals surface area contributed by atoms with Crippen LogP contribution in [0.3, 0.4) is 0 Å². The van der Waals surface area contributed by atoms with Crippen LogP contribution in [-0.4, -0.2) is 42.7 Å². The summed E-state index contributed by atoms with van der Waals surface area (Å²) in [6.07, 6.45) is 5.68. The highest BCUT2D eigenvalue weighted by atomic mass is 16.5. The Morgan fingerprint density at radius 3 is 0.944 bits per heavy atom. The van der Waals surface area contributed by atoms with E-state index in [0.717, 1.165) is 0 Å². The summed E-state index contributed by atoms with van der Waals surface area (Å²) in [6, 6.07) is 12.7. The monoisotopic (exact) mass is 482 g/mol. The van der Waals surface area contributed by atoms with Gasteiger partial charge in [0, 0.05) is 27.8 Å². The average Bonchev–Trinajstić information content (AvgIpc) is 2.93. The fourth-order valence-electron chi connectivity index (χ4n) is 3.45. The van der Waals surface area contributed by atoms with Gasteiger partial charge in [0.1, 0.15) is 0 Å². The maximum Gasteiger partial charge on any atom is 0.203 e. The largest absolute Gasteiger partial charge is 0.493 e. The molecule has 6 nitrogen and oxygen atoms in total. The summed E-state index contributed by atoms with van der Waals surface area (Å²) in [5.74, 6) is 18.3. The molecular formula is C30H26O6. The highest BCUT2D eigenvalue weighted by Crippen LogP contribution is 2.39. The molecule has 3 aromatic rings. The minimum absolute atomic E-state index is 0.504. The predicted molar refractivity (Wildman–Crippen MR) is 139 cm³/mol. The summed E-state index contributed by atoms with van der Waals surface area (Å²) in [7, 11) is 9.34. The van der Waals surface area contributed by atoms with Crippen LogP contribution in [0.4, 0.5) is 0 Å². The Hall–Kier alpha value is -4.86. The first-order chi connectivity index (χ1) is 17.5. The van der Waals surface area contributed by atoms with Crippen LogP contribution < -0.4 is 28.4 Å². The van der Waals surface area contributed by atoms with Crippen molar-refractivity contribution < 1.29 is 28.4 Å². The van der Waals surface area contributed by atoms with E-state index in [4.69, 9.17) is 34.8 Å². The third-order valence-electron chi connectivity index (χ3n) is 5.13. The molecule has 3 aromatic carbocycles. The van der Waals surface area contributed by atoms with E-state index in [1.165, 1.54) is 0 Å². The van der Waals surface area contributed by atoms with Gasteiger partial charge in [-0.05, 0) is 42.5 Å². The van der Waals surface area contributed by atoms with Crippen molar-refractivity contribution in [2.75, 3.05) is 42.7 Å². The van der Waals surface area contributed by atoms with Crippen molar-refractivity contribution in [3.05, 3.63) is 70.3 Å². The highest BCUT2D eigenvalue weighted by molar-refractivity contribution is 5.61. The molecule has 0 aliphatic rings. The van der Waals surface area contributed by atoms with E-state index in [1.54, 1.807) is 66.9 Å². The molecule has 0 bridgehead atoms. The quantitative estimate of drug-likeness (QED) is 0.482. The molecule has 0 amide bonds. The minimum atomic E-state index is 0.504. The van der Waals surface area contributed by atoms with Gasteiger partial charge in [0.05, 0.1) is 42.7 Å². The number of hydrogen-bond donors (Lipinski definition) is 0. The lowest BCUT2D eigenvalue weighted by Gasteiger charge is -2.12. The van der Waals surface area contributed by atoms with Crippen LogP contribution in [0.1, 0.15) is 27.8 Å². The number of terminal acetylenes is 1. The zero-order chi connectivity index (χ0) is 26.1. The van der Waals surface area contributed by atoms with Crippen molar-refractivity contribution in [1.82, 2.24) is 0 Å². The van der Waals surface area contributed by atoms with Crippen molar-refractivity contribution in [2.45, 2.75) is 0 Å². The lowest BCUT2D eigenvalue weighted by Crippen LogP contribution is -1.96.